The van der Waals surface area contributed by atoms with E-state index in [0.717, 1.165) is 17.1 Å². The maximum atomic E-state index is 5.95. The SMILES string of the molecule is COc1cc(N(C)Cc2ccccc2N)nc(C)n1. The van der Waals surface area contributed by atoms with Crippen molar-refractivity contribution >= 4 is 11.5 Å². The monoisotopic (exact) mass is 258 g/mol. The Morgan fingerprint density at radius 3 is 2.68 bits per heavy atom. The number of methoxy groups -OCH3 is 1. The Bertz CT molecular complexity index is 571. The number of anilines is 2. The van der Waals surface area contributed by atoms with Crippen LogP contribution in [0.4, 0.5) is 11.5 Å². The van der Waals surface area contributed by atoms with Gasteiger partial charge < -0.3 is 15.4 Å². The zero-order valence-electron chi connectivity index (χ0n) is 11.4. The molecule has 0 atom stereocenters. The Kier molecular flexibility index (Phi) is 3.85. The minimum Gasteiger partial charge on any atom is -0.481 e. The number of hydrogen-bond donors (Lipinski definition) is 1. The van der Waals surface area contributed by atoms with E-state index in [0.29, 0.717) is 18.2 Å². The van der Waals surface area contributed by atoms with Crippen LogP contribution in [0.15, 0.2) is 30.3 Å². The summed E-state index contributed by atoms with van der Waals surface area (Å²) < 4.78 is 5.16. The van der Waals surface area contributed by atoms with Crippen molar-refractivity contribution in [2.24, 2.45) is 0 Å². The van der Waals surface area contributed by atoms with Crippen molar-refractivity contribution in [1.82, 2.24) is 9.97 Å². The van der Waals surface area contributed by atoms with Gasteiger partial charge in [-0.25, -0.2) is 4.98 Å². The molecule has 0 aliphatic rings. The van der Waals surface area contributed by atoms with Crippen LogP contribution in [0.2, 0.25) is 0 Å². The Hall–Kier alpha value is -2.30. The number of para-hydroxylation sites is 1. The lowest BCUT2D eigenvalue weighted by Crippen LogP contribution is -2.19. The third kappa shape index (κ3) is 3.13. The smallest absolute Gasteiger partial charge is 0.218 e. The minimum atomic E-state index is 0.565. The molecule has 0 bridgehead atoms. The predicted molar refractivity (Wildman–Crippen MR) is 76.3 cm³/mol. The molecule has 1 aromatic heterocycles. The van der Waals surface area contributed by atoms with Crippen LogP contribution in [0.3, 0.4) is 0 Å². The van der Waals surface area contributed by atoms with Crippen molar-refractivity contribution in [3.05, 3.63) is 41.7 Å². The van der Waals surface area contributed by atoms with Crippen LogP contribution < -0.4 is 15.4 Å². The largest absolute Gasteiger partial charge is 0.481 e. The quantitative estimate of drug-likeness (QED) is 0.850. The number of aryl methyl sites for hydroxylation is 1. The fourth-order valence-electron chi connectivity index (χ4n) is 1.84. The highest BCUT2D eigenvalue weighted by Gasteiger charge is 2.08. The average Bonchev–Trinajstić information content (AvgIpc) is 2.40. The summed E-state index contributed by atoms with van der Waals surface area (Å²) in [5, 5.41) is 0. The first kappa shape index (κ1) is 13.1. The number of hydrogen-bond acceptors (Lipinski definition) is 5. The molecule has 5 nitrogen and oxygen atoms in total. The van der Waals surface area contributed by atoms with E-state index in [4.69, 9.17) is 10.5 Å². The molecule has 0 saturated carbocycles. The second-order valence-electron chi connectivity index (χ2n) is 4.37. The summed E-state index contributed by atoms with van der Waals surface area (Å²) in [5.41, 5.74) is 7.80. The van der Waals surface area contributed by atoms with Crippen molar-refractivity contribution in [1.29, 1.82) is 0 Å². The van der Waals surface area contributed by atoms with Crippen molar-refractivity contribution in [3.63, 3.8) is 0 Å². The van der Waals surface area contributed by atoms with Gasteiger partial charge >= 0.3 is 0 Å². The van der Waals surface area contributed by atoms with Crippen LogP contribution in [0.5, 0.6) is 5.88 Å². The predicted octanol–water partition coefficient (Wildman–Crippen LogP) is 2.01. The lowest BCUT2D eigenvalue weighted by Gasteiger charge is -2.19. The summed E-state index contributed by atoms with van der Waals surface area (Å²) in [6, 6.07) is 9.63. The first-order chi connectivity index (χ1) is 9.10. The van der Waals surface area contributed by atoms with Gasteiger partial charge in [0.05, 0.1) is 7.11 Å². The van der Waals surface area contributed by atoms with Crippen molar-refractivity contribution in [2.45, 2.75) is 13.5 Å². The molecule has 100 valence electrons. The summed E-state index contributed by atoms with van der Waals surface area (Å²) in [4.78, 5) is 10.6. The number of ether oxygens (including phenoxy) is 1. The zero-order valence-corrected chi connectivity index (χ0v) is 11.4. The number of nitrogen functional groups attached to an aromatic ring is 1. The molecular formula is C14H18N4O. The number of nitrogens with two attached hydrogens (primary N) is 1. The fourth-order valence-corrected chi connectivity index (χ4v) is 1.84. The van der Waals surface area contributed by atoms with Gasteiger partial charge in [-0.1, -0.05) is 18.2 Å². The van der Waals surface area contributed by atoms with Gasteiger partial charge in [0.2, 0.25) is 5.88 Å². The minimum absolute atomic E-state index is 0.565. The molecule has 0 aliphatic carbocycles. The van der Waals surface area contributed by atoms with Gasteiger partial charge in [-0.2, -0.15) is 4.98 Å². The van der Waals surface area contributed by atoms with E-state index in [2.05, 4.69) is 9.97 Å². The molecule has 0 fully saturated rings. The van der Waals surface area contributed by atoms with Crippen LogP contribution in [0.25, 0.3) is 0 Å². The van der Waals surface area contributed by atoms with E-state index in [9.17, 15) is 0 Å². The van der Waals surface area contributed by atoms with Gasteiger partial charge in [-0.3, -0.25) is 0 Å². The van der Waals surface area contributed by atoms with E-state index in [1.54, 1.807) is 7.11 Å². The van der Waals surface area contributed by atoms with Crippen molar-refractivity contribution in [2.75, 3.05) is 24.8 Å². The van der Waals surface area contributed by atoms with E-state index >= 15 is 0 Å². The third-order valence-electron chi connectivity index (χ3n) is 2.86. The highest BCUT2D eigenvalue weighted by Crippen LogP contribution is 2.20. The molecule has 1 heterocycles. The lowest BCUT2D eigenvalue weighted by atomic mass is 10.2. The second kappa shape index (κ2) is 5.56. The average molecular weight is 258 g/mol. The number of nitrogens with zero attached hydrogens (tertiary/aromatic N) is 3. The van der Waals surface area contributed by atoms with E-state index in [-0.39, 0.29) is 0 Å². The molecule has 0 radical (unpaired) electrons. The summed E-state index contributed by atoms with van der Waals surface area (Å²) in [5.74, 6) is 2.06. The van der Waals surface area contributed by atoms with Gasteiger partial charge in [0.25, 0.3) is 0 Å². The topological polar surface area (TPSA) is 64.3 Å². The molecule has 1 aromatic carbocycles. The molecule has 0 amide bonds. The van der Waals surface area contributed by atoms with Gasteiger partial charge in [-0.05, 0) is 18.6 Å². The summed E-state index contributed by atoms with van der Waals surface area (Å²) in [7, 11) is 3.56. The standard InChI is InChI=1S/C14H18N4O/c1-10-16-13(8-14(17-10)19-3)18(2)9-11-6-4-5-7-12(11)15/h4-8H,9,15H2,1-3H3. The molecular weight excluding hydrogens is 240 g/mol. The van der Waals surface area contributed by atoms with Crippen LogP contribution in [0.1, 0.15) is 11.4 Å². The second-order valence-corrected chi connectivity index (χ2v) is 4.37. The molecule has 2 N–H and O–H groups in total. The van der Waals surface area contributed by atoms with E-state index in [1.165, 1.54) is 0 Å². The third-order valence-corrected chi connectivity index (χ3v) is 2.86. The maximum absolute atomic E-state index is 5.95. The first-order valence-corrected chi connectivity index (χ1v) is 6.04. The van der Waals surface area contributed by atoms with Crippen molar-refractivity contribution in [3.8, 4) is 5.88 Å². The number of aromatic nitrogens is 2. The lowest BCUT2D eigenvalue weighted by molar-refractivity contribution is 0.395. The van der Waals surface area contributed by atoms with Gasteiger partial charge in [0, 0.05) is 25.3 Å². The number of benzene rings is 1. The Balaban J connectivity index is 2.22. The fraction of sp³-hybridized carbons (Fsp3) is 0.286. The first-order valence-electron chi connectivity index (χ1n) is 6.04. The molecule has 5 heteroatoms. The van der Waals surface area contributed by atoms with Gasteiger partial charge in [-0.15, -0.1) is 0 Å². The van der Waals surface area contributed by atoms with Gasteiger partial charge in [0.15, 0.2) is 0 Å². The molecule has 0 aliphatic heterocycles. The van der Waals surface area contributed by atoms with Crippen LogP contribution in [-0.2, 0) is 6.54 Å². The Morgan fingerprint density at radius 1 is 1.26 bits per heavy atom. The van der Waals surface area contributed by atoms with Crippen molar-refractivity contribution < 1.29 is 4.74 Å². The molecule has 0 unspecified atom stereocenters. The van der Waals surface area contributed by atoms with E-state index < -0.39 is 0 Å². The number of rotatable bonds is 4. The highest BCUT2D eigenvalue weighted by atomic mass is 16.5. The molecule has 0 spiro atoms. The summed E-state index contributed by atoms with van der Waals surface area (Å²) in [6.45, 7) is 2.53. The van der Waals surface area contributed by atoms with Crippen LogP contribution in [0, 0.1) is 6.92 Å². The Labute approximate surface area is 113 Å². The maximum Gasteiger partial charge on any atom is 0.218 e. The Morgan fingerprint density at radius 2 is 2.00 bits per heavy atom. The zero-order chi connectivity index (χ0) is 13.8. The normalized spacial score (nSPS) is 10.3. The van der Waals surface area contributed by atoms with Crippen LogP contribution >= 0.6 is 0 Å². The highest BCUT2D eigenvalue weighted by molar-refractivity contribution is 5.50. The summed E-state index contributed by atoms with van der Waals surface area (Å²) >= 11 is 0. The molecule has 0 saturated heterocycles. The van der Waals surface area contributed by atoms with Gasteiger partial charge in [0.1, 0.15) is 11.6 Å². The molecule has 2 aromatic rings. The molecule has 19 heavy (non-hydrogen) atoms. The van der Waals surface area contributed by atoms with E-state index in [1.807, 2.05) is 49.2 Å². The summed E-state index contributed by atoms with van der Waals surface area (Å²) in [6.07, 6.45) is 0. The van der Waals surface area contributed by atoms with Crippen LogP contribution in [-0.4, -0.2) is 24.1 Å². The molecule has 2 rings (SSSR count).